The number of rotatable bonds is 7. The molecule has 2 nitrogen and oxygen atoms in total. The number of ether oxygens (including phenoxy) is 1. The van der Waals surface area contributed by atoms with Crippen LogP contribution in [0.4, 0.5) is 0 Å². The van der Waals surface area contributed by atoms with Crippen molar-refractivity contribution in [3.8, 4) is 0 Å². The lowest BCUT2D eigenvalue weighted by molar-refractivity contribution is 0.199. The van der Waals surface area contributed by atoms with E-state index in [0.717, 1.165) is 30.9 Å². The van der Waals surface area contributed by atoms with Crippen molar-refractivity contribution in [3.63, 3.8) is 0 Å². The van der Waals surface area contributed by atoms with Crippen molar-refractivity contribution in [2.45, 2.75) is 56.2 Å². The molecule has 1 aliphatic rings. The van der Waals surface area contributed by atoms with E-state index in [1.54, 1.807) is 7.11 Å². The van der Waals surface area contributed by atoms with Crippen LogP contribution < -0.4 is 5.32 Å². The van der Waals surface area contributed by atoms with Crippen LogP contribution >= 0.6 is 11.8 Å². The molecule has 2 atom stereocenters. The Kier molecular flexibility index (Phi) is 7.08. The Labute approximate surface area is 134 Å². The minimum atomic E-state index is 0.772. The maximum Gasteiger partial charge on any atom is 0.0587 e. The van der Waals surface area contributed by atoms with Gasteiger partial charge in [-0.15, -0.1) is 11.8 Å². The Balaban J connectivity index is 1.96. The third-order valence-electron chi connectivity index (χ3n) is 4.20. The van der Waals surface area contributed by atoms with Crippen LogP contribution in [0.5, 0.6) is 0 Å². The molecule has 21 heavy (non-hydrogen) atoms. The minimum Gasteiger partial charge on any atom is -0.383 e. The van der Waals surface area contributed by atoms with Gasteiger partial charge in [0.05, 0.1) is 6.61 Å². The lowest BCUT2D eigenvalue weighted by Gasteiger charge is -2.27. The highest BCUT2D eigenvalue weighted by Gasteiger charge is 2.20. The second-order valence-corrected chi connectivity index (χ2v) is 7.63. The molecule has 1 aromatic carbocycles. The average molecular weight is 308 g/mol. The molecule has 1 N–H and O–H groups in total. The number of hydrogen-bond acceptors (Lipinski definition) is 3. The van der Waals surface area contributed by atoms with Gasteiger partial charge < -0.3 is 10.1 Å². The molecule has 2 rings (SSSR count). The second-order valence-electron chi connectivity index (χ2n) is 6.29. The SMILES string of the molecule is COCCNCc1cc(C)ccc1SC1CCCC(C)C1. The van der Waals surface area contributed by atoms with Crippen molar-refractivity contribution in [3.05, 3.63) is 29.3 Å². The van der Waals surface area contributed by atoms with E-state index in [9.17, 15) is 0 Å². The van der Waals surface area contributed by atoms with E-state index >= 15 is 0 Å². The van der Waals surface area contributed by atoms with E-state index in [0.29, 0.717) is 0 Å². The molecule has 2 unspecified atom stereocenters. The van der Waals surface area contributed by atoms with Crippen LogP contribution in [-0.4, -0.2) is 25.5 Å². The van der Waals surface area contributed by atoms with Gasteiger partial charge in [-0.1, -0.05) is 37.5 Å². The van der Waals surface area contributed by atoms with Gasteiger partial charge in [0.25, 0.3) is 0 Å². The zero-order valence-electron chi connectivity index (χ0n) is 13.7. The predicted molar refractivity (Wildman–Crippen MR) is 92.0 cm³/mol. The van der Waals surface area contributed by atoms with Crippen LogP contribution in [0.3, 0.4) is 0 Å². The molecule has 0 bridgehead atoms. The van der Waals surface area contributed by atoms with Gasteiger partial charge in [-0.05, 0) is 37.3 Å². The average Bonchev–Trinajstić information content (AvgIpc) is 2.46. The quantitative estimate of drug-likeness (QED) is 0.754. The highest BCUT2D eigenvalue weighted by Crippen LogP contribution is 2.37. The highest BCUT2D eigenvalue weighted by atomic mass is 32.2. The molecule has 0 heterocycles. The van der Waals surface area contributed by atoms with Gasteiger partial charge in [-0.3, -0.25) is 0 Å². The Morgan fingerprint density at radius 3 is 2.95 bits per heavy atom. The summed E-state index contributed by atoms with van der Waals surface area (Å²) < 4.78 is 5.10. The third-order valence-corrected chi connectivity index (χ3v) is 5.61. The molecule has 0 aromatic heterocycles. The van der Waals surface area contributed by atoms with Crippen LogP contribution in [0.15, 0.2) is 23.1 Å². The number of aryl methyl sites for hydroxylation is 1. The molecular formula is C18H29NOS. The molecule has 0 saturated heterocycles. The third kappa shape index (κ3) is 5.65. The number of hydrogen-bond donors (Lipinski definition) is 1. The van der Waals surface area contributed by atoms with Crippen LogP contribution in [0.25, 0.3) is 0 Å². The number of benzene rings is 1. The molecule has 0 aliphatic heterocycles. The lowest BCUT2D eigenvalue weighted by Crippen LogP contribution is -2.19. The van der Waals surface area contributed by atoms with Crippen molar-refractivity contribution in [1.82, 2.24) is 5.32 Å². The van der Waals surface area contributed by atoms with E-state index < -0.39 is 0 Å². The number of methoxy groups -OCH3 is 1. The molecule has 1 aromatic rings. The first-order valence-corrected chi connectivity index (χ1v) is 9.03. The summed E-state index contributed by atoms with van der Waals surface area (Å²) in [6.45, 7) is 7.20. The van der Waals surface area contributed by atoms with Gasteiger partial charge in [0.1, 0.15) is 0 Å². The summed E-state index contributed by atoms with van der Waals surface area (Å²) in [5.41, 5.74) is 2.79. The highest BCUT2D eigenvalue weighted by molar-refractivity contribution is 8.00. The monoisotopic (exact) mass is 307 g/mol. The molecule has 118 valence electrons. The minimum absolute atomic E-state index is 0.772. The van der Waals surface area contributed by atoms with Crippen molar-refractivity contribution >= 4 is 11.8 Å². The summed E-state index contributed by atoms with van der Waals surface area (Å²) in [6.07, 6.45) is 5.55. The van der Waals surface area contributed by atoms with Crippen molar-refractivity contribution in [1.29, 1.82) is 0 Å². The molecule has 1 saturated carbocycles. The van der Waals surface area contributed by atoms with E-state index in [1.807, 2.05) is 0 Å². The Morgan fingerprint density at radius 1 is 1.33 bits per heavy atom. The molecule has 0 spiro atoms. The molecular weight excluding hydrogens is 278 g/mol. The summed E-state index contributed by atoms with van der Waals surface area (Å²) in [7, 11) is 1.75. The van der Waals surface area contributed by atoms with Crippen LogP contribution in [-0.2, 0) is 11.3 Å². The molecule has 3 heteroatoms. The fourth-order valence-electron chi connectivity index (χ4n) is 3.02. The van der Waals surface area contributed by atoms with Gasteiger partial charge in [0.2, 0.25) is 0 Å². The van der Waals surface area contributed by atoms with E-state index in [1.165, 1.54) is 41.7 Å². The van der Waals surface area contributed by atoms with Crippen molar-refractivity contribution in [2.24, 2.45) is 5.92 Å². The van der Waals surface area contributed by atoms with Crippen LogP contribution in [0.2, 0.25) is 0 Å². The van der Waals surface area contributed by atoms with Gasteiger partial charge in [-0.2, -0.15) is 0 Å². The topological polar surface area (TPSA) is 21.3 Å². The predicted octanol–water partition coefficient (Wildman–Crippen LogP) is 4.40. The van der Waals surface area contributed by atoms with Crippen LogP contribution in [0.1, 0.15) is 43.7 Å². The van der Waals surface area contributed by atoms with Gasteiger partial charge >= 0.3 is 0 Å². The zero-order valence-corrected chi connectivity index (χ0v) is 14.5. The maximum absolute atomic E-state index is 5.10. The van der Waals surface area contributed by atoms with Crippen LogP contribution in [0, 0.1) is 12.8 Å². The molecule has 1 aliphatic carbocycles. The standard InChI is InChI=1S/C18H29NOS/c1-14-5-4-6-17(12-14)21-18-8-7-15(2)11-16(18)13-19-9-10-20-3/h7-8,11,14,17,19H,4-6,9-10,12-13H2,1-3H3. The first-order valence-electron chi connectivity index (χ1n) is 8.15. The molecule has 1 fully saturated rings. The smallest absolute Gasteiger partial charge is 0.0587 e. The van der Waals surface area contributed by atoms with Gasteiger partial charge in [0.15, 0.2) is 0 Å². The number of nitrogens with one attached hydrogen (secondary N) is 1. The first kappa shape index (κ1) is 16.9. The summed E-state index contributed by atoms with van der Waals surface area (Å²) in [4.78, 5) is 1.46. The van der Waals surface area contributed by atoms with Gasteiger partial charge in [0, 0.05) is 30.3 Å². The van der Waals surface area contributed by atoms with Crippen molar-refractivity contribution in [2.75, 3.05) is 20.3 Å². The Hall–Kier alpha value is -0.510. The molecule has 0 amide bonds. The Bertz CT molecular complexity index is 435. The van der Waals surface area contributed by atoms with E-state index in [2.05, 4.69) is 49.1 Å². The summed E-state index contributed by atoms with van der Waals surface area (Å²) in [5, 5.41) is 4.28. The van der Waals surface area contributed by atoms with Crippen molar-refractivity contribution < 1.29 is 4.74 Å². The normalized spacial score (nSPS) is 22.4. The zero-order chi connectivity index (χ0) is 15.1. The van der Waals surface area contributed by atoms with Gasteiger partial charge in [-0.25, -0.2) is 0 Å². The lowest BCUT2D eigenvalue weighted by atomic mass is 9.91. The largest absolute Gasteiger partial charge is 0.383 e. The second kappa shape index (κ2) is 8.82. The molecule has 0 radical (unpaired) electrons. The maximum atomic E-state index is 5.10. The summed E-state index contributed by atoms with van der Waals surface area (Å²) >= 11 is 2.10. The number of thioether (sulfide) groups is 1. The first-order chi connectivity index (χ1) is 10.2. The Morgan fingerprint density at radius 2 is 2.19 bits per heavy atom. The fraction of sp³-hybridized carbons (Fsp3) is 0.667. The van der Waals surface area contributed by atoms with E-state index in [-0.39, 0.29) is 0 Å². The summed E-state index contributed by atoms with van der Waals surface area (Å²) in [6, 6.07) is 6.88. The van der Waals surface area contributed by atoms with E-state index in [4.69, 9.17) is 4.74 Å². The summed E-state index contributed by atoms with van der Waals surface area (Å²) in [5.74, 6) is 0.893. The fourth-order valence-corrected chi connectivity index (χ4v) is 4.52.